The first-order chi connectivity index (χ1) is 9.85. The molecule has 2 heterocycles. The highest BCUT2D eigenvalue weighted by atomic mass is 79.9. The number of amides is 1. The van der Waals surface area contributed by atoms with Crippen molar-refractivity contribution in [2.24, 2.45) is 11.3 Å². The van der Waals surface area contributed by atoms with Crippen LogP contribution in [0, 0.1) is 11.3 Å². The lowest BCUT2D eigenvalue weighted by Crippen LogP contribution is -2.40. The van der Waals surface area contributed by atoms with Crippen LogP contribution in [-0.4, -0.2) is 35.0 Å². The van der Waals surface area contributed by atoms with Crippen LogP contribution in [0.25, 0.3) is 0 Å². The van der Waals surface area contributed by atoms with Gasteiger partial charge < -0.3 is 10.0 Å². The Kier molecular flexibility index (Phi) is 5.09. The van der Waals surface area contributed by atoms with Crippen molar-refractivity contribution in [2.75, 3.05) is 13.1 Å². The molecule has 2 rings (SSSR count). The lowest BCUT2D eigenvalue weighted by molar-refractivity contribution is -0.151. The second-order valence-electron chi connectivity index (χ2n) is 5.91. The molecular formula is C15H20BrNO3S. The van der Waals surface area contributed by atoms with E-state index in [9.17, 15) is 14.7 Å². The van der Waals surface area contributed by atoms with Gasteiger partial charge in [-0.2, -0.15) is 0 Å². The Hall–Kier alpha value is -0.880. The third-order valence-corrected chi connectivity index (χ3v) is 6.15. The largest absolute Gasteiger partial charge is 0.481 e. The van der Waals surface area contributed by atoms with Gasteiger partial charge in [-0.25, -0.2) is 0 Å². The van der Waals surface area contributed by atoms with E-state index in [1.54, 1.807) is 16.2 Å². The third kappa shape index (κ3) is 3.48. The lowest BCUT2D eigenvalue weighted by atomic mass is 9.76. The minimum atomic E-state index is -0.782. The second kappa shape index (κ2) is 6.48. The fourth-order valence-corrected chi connectivity index (χ4v) is 4.27. The predicted molar refractivity (Wildman–Crippen MR) is 86.4 cm³/mol. The first kappa shape index (κ1) is 16.5. The highest BCUT2D eigenvalue weighted by Crippen LogP contribution is 2.38. The summed E-state index contributed by atoms with van der Waals surface area (Å²) in [6, 6.07) is 2.03. The molecule has 1 aliphatic rings. The fourth-order valence-electron chi connectivity index (χ4n) is 2.81. The zero-order valence-electron chi connectivity index (χ0n) is 12.3. The molecular weight excluding hydrogens is 354 g/mol. The Morgan fingerprint density at radius 3 is 2.71 bits per heavy atom. The van der Waals surface area contributed by atoms with Crippen molar-refractivity contribution in [1.82, 2.24) is 4.90 Å². The number of nitrogens with zero attached hydrogens (tertiary/aromatic N) is 1. The molecule has 0 spiro atoms. The Bertz CT molecular complexity index is 543. The SMILES string of the molecule is CC(C)C1(C(=O)O)CCN(C(=O)CCc2cc(Br)cs2)C1. The van der Waals surface area contributed by atoms with Crippen LogP contribution >= 0.6 is 27.3 Å². The molecule has 1 aliphatic heterocycles. The number of aliphatic carboxylic acids is 1. The van der Waals surface area contributed by atoms with Crippen LogP contribution < -0.4 is 0 Å². The van der Waals surface area contributed by atoms with E-state index in [1.807, 2.05) is 25.3 Å². The van der Waals surface area contributed by atoms with E-state index in [0.717, 1.165) is 4.47 Å². The summed E-state index contributed by atoms with van der Waals surface area (Å²) in [5, 5.41) is 11.5. The molecule has 1 aromatic heterocycles. The third-order valence-electron chi connectivity index (χ3n) is 4.39. The molecule has 0 bridgehead atoms. The summed E-state index contributed by atoms with van der Waals surface area (Å²) < 4.78 is 1.04. The van der Waals surface area contributed by atoms with Gasteiger partial charge in [0, 0.05) is 34.2 Å². The molecule has 6 heteroatoms. The molecule has 21 heavy (non-hydrogen) atoms. The Morgan fingerprint density at radius 1 is 1.52 bits per heavy atom. The van der Waals surface area contributed by atoms with Gasteiger partial charge in [0.2, 0.25) is 5.91 Å². The standard InChI is InChI=1S/C15H20BrNO3S/c1-10(2)15(14(19)20)5-6-17(9-15)13(18)4-3-12-7-11(16)8-21-12/h7-8,10H,3-6,9H2,1-2H3,(H,19,20). The van der Waals surface area contributed by atoms with E-state index in [2.05, 4.69) is 15.9 Å². The van der Waals surface area contributed by atoms with Gasteiger partial charge in [-0.15, -0.1) is 11.3 Å². The average molecular weight is 374 g/mol. The minimum Gasteiger partial charge on any atom is -0.481 e. The molecule has 1 unspecified atom stereocenters. The normalized spacial score (nSPS) is 22.0. The van der Waals surface area contributed by atoms with Crippen LogP contribution in [0.1, 0.15) is 31.6 Å². The quantitative estimate of drug-likeness (QED) is 0.860. The molecule has 1 aromatic rings. The maximum atomic E-state index is 12.3. The smallest absolute Gasteiger partial charge is 0.311 e. The molecule has 0 aromatic carbocycles. The van der Waals surface area contributed by atoms with Crippen molar-refractivity contribution in [3.8, 4) is 0 Å². The van der Waals surface area contributed by atoms with Gasteiger partial charge in [-0.05, 0) is 40.8 Å². The van der Waals surface area contributed by atoms with Gasteiger partial charge in [0.15, 0.2) is 0 Å². The van der Waals surface area contributed by atoms with Crippen LogP contribution in [-0.2, 0) is 16.0 Å². The molecule has 1 saturated heterocycles. The van der Waals surface area contributed by atoms with Crippen molar-refractivity contribution in [3.05, 3.63) is 20.8 Å². The summed E-state index contributed by atoms with van der Waals surface area (Å²) in [7, 11) is 0. The second-order valence-corrected chi connectivity index (χ2v) is 7.82. The van der Waals surface area contributed by atoms with Gasteiger partial charge in [-0.3, -0.25) is 9.59 Å². The number of likely N-dealkylation sites (tertiary alicyclic amines) is 1. The lowest BCUT2D eigenvalue weighted by Gasteiger charge is -2.28. The van der Waals surface area contributed by atoms with Crippen LogP contribution in [0.4, 0.5) is 0 Å². The maximum Gasteiger partial charge on any atom is 0.311 e. The number of carbonyl (C=O) groups excluding carboxylic acids is 1. The van der Waals surface area contributed by atoms with Crippen molar-refractivity contribution in [1.29, 1.82) is 0 Å². The highest BCUT2D eigenvalue weighted by Gasteiger charge is 2.48. The zero-order chi connectivity index (χ0) is 15.6. The zero-order valence-corrected chi connectivity index (χ0v) is 14.7. The molecule has 1 fully saturated rings. The van der Waals surface area contributed by atoms with E-state index in [4.69, 9.17) is 0 Å². The van der Waals surface area contributed by atoms with Crippen molar-refractivity contribution in [2.45, 2.75) is 33.1 Å². The molecule has 0 aliphatic carbocycles. The molecule has 0 saturated carbocycles. The number of carbonyl (C=O) groups is 2. The van der Waals surface area contributed by atoms with E-state index < -0.39 is 11.4 Å². The summed E-state index contributed by atoms with van der Waals surface area (Å²) in [5.74, 6) is -0.695. The minimum absolute atomic E-state index is 0.0288. The summed E-state index contributed by atoms with van der Waals surface area (Å²) in [6.45, 7) is 4.74. The van der Waals surface area contributed by atoms with Gasteiger partial charge in [0.1, 0.15) is 0 Å². The van der Waals surface area contributed by atoms with Crippen molar-refractivity contribution in [3.63, 3.8) is 0 Å². The summed E-state index contributed by atoms with van der Waals surface area (Å²) in [6.07, 6.45) is 1.71. The first-order valence-electron chi connectivity index (χ1n) is 7.09. The van der Waals surface area contributed by atoms with Gasteiger partial charge in [0.25, 0.3) is 0 Å². The monoisotopic (exact) mass is 373 g/mol. The predicted octanol–water partition coefficient (Wildman–Crippen LogP) is 3.40. The van der Waals surface area contributed by atoms with Crippen molar-refractivity contribution >= 4 is 39.1 Å². The molecule has 0 radical (unpaired) electrons. The molecule has 1 atom stereocenters. The average Bonchev–Trinajstić information content (AvgIpc) is 3.03. The highest BCUT2D eigenvalue weighted by molar-refractivity contribution is 9.10. The van der Waals surface area contributed by atoms with E-state index in [1.165, 1.54) is 4.88 Å². The number of hydrogen-bond donors (Lipinski definition) is 1. The fraction of sp³-hybridized carbons (Fsp3) is 0.600. The molecule has 4 nitrogen and oxygen atoms in total. The Balaban J connectivity index is 1.94. The number of rotatable bonds is 5. The van der Waals surface area contributed by atoms with Crippen LogP contribution in [0.15, 0.2) is 15.9 Å². The summed E-state index contributed by atoms with van der Waals surface area (Å²) in [4.78, 5) is 26.7. The molecule has 1 N–H and O–H groups in total. The van der Waals surface area contributed by atoms with Crippen LogP contribution in [0.5, 0.6) is 0 Å². The van der Waals surface area contributed by atoms with Gasteiger partial charge in [0.05, 0.1) is 5.41 Å². The Labute approximate surface area is 137 Å². The van der Waals surface area contributed by atoms with E-state index >= 15 is 0 Å². The maximum absolute atomic E-state index is 12.3. The van der Waals surface area contributed by atoms with E-state index in [0.29, 0.717) is 32.4 Å². The number of halogens is 1. The number of hydrogen-bond acceptors (Lipinski definition) is 3. The number of carboxylic acid groups (broad SMARTS) is 1. The first-order valence-corrected chi connectivity index (χ1v) is 8.76. The Morgan fingerprint density at radius 2 is 2.24 bits per heavy atom. The summed E-state index contributed by atoms with van der Waals surface area (Å²) >= 11 is 5.03. The van der Waals surface area contributed by atoms with Crippen LogP contribution in [0.3, 0.4) is 0 Å². The number of carboxylic acids is 1. The number of thiophene rings is 1. The van der Waals surface area contributed by atoms with E-state index in [-0.39, 0.29) is 11.8 Å². The van der Waals surface area contributed by atoms with Crippen LogP contribution in [0.2, 0.25) is 0 Å². The topological polar surface area (TPSA) is 57.6 Å². The van der Waals surface area contributed by atoms with Gasteiger partial charge in [-0.1, -0.05) is 13.8 Å². The summed E-state index contributed by atoms with van der Waals surface area (Å²) in [5.41, 5.74) is -0.776. The molecule has 1 amide bonds. The molecule has 116 valence electrons. The number of aryl methyl sites for hydroxylation is 1. The van der Waals surface area contributed by atoms with Crippen molar-refractivity contribution < 1.29 is 14.7 Å². The van der Waals surface area contributed by atoms with Gasteiger partial charge >= 0.3 is 5.97 Å².